The van der Waals surface area contributed by atoms with Crippen LogP contribution >= 0.6 is 0 Å². The summed E-state index contributed by atoms with van der Waals surface area (Å²) in [7, 11) is 1.57. The third-order valence-corrected chi connectivity index (χ3v) is 5.94. The van der Waals surface area contributed by atoms with E-state index in [1.807, 2.05) is 36.4 Å². The zero-order valence-corrected chi connectivity index (χ0v) is 19.6. The Kier molecular flexibility index (Phi) is 9.04. The van der Waals surface area contributed by atoms with Gasteiger partial charge in [0.25, 0.3) is 0 Å². The molecule has 34 heavy (non-hydrogen) atoms. The van der Waals surface area contributed by atoms with Gasteiger partial charge in [-0.2, -0.15) is 0 Å². The predicted molar refractivity (Wildman–Crippen MR) is 128 cm³/mol. The average molecular weight is 469 g/mol. The topological polar surface area (TPSA) is 114 Å². The Hall–Kier alpha value is -3.39. The van der Waals surface area contributed by atoms with Gasteiger partial charge in [0, 0.05) is 32.6 Å². The number of carboxylic acid groups (broad SMARTS) is 1. The molecule has 3 rings (SSSR count). The minimum Gasteiger partial charge on any atom is -0.481 e. The number of benzene rings is 2. The molecular weight excluding hydrogens is 436 g/mol. The maximum absolute atomic E-state index is 12.7. The Labute approximate surface area is 199 Å². The van der Waals surface area contributed by atoms with E-state index < -0.39 is 18.1 Å². The molecule has 0 saturated carbocycles. The Bertz CT molecular complexity index is 963. The first-order chi connectivity index (χ1) is 16.4. The molecule has 2 aromatic rings. The van der Waals surface area contributed by atoms with Crippen LogP contribution in [0, 0.1) is 5.92 Å². The number of carbonyl (C=O) groups excluding carboxylic acids is 2. The fourth-order valence-corrected chi connectivity index (χ4v) is 4.25. The molecule has 0 aromatic heterocycles. The van der Waals surface area contributed by atoms with E-state index in [9.17, 15) is 14.4 Å². The summed E-state index contributed by atoms with van der Waals surface area (Å²) in [5.74, 6) is -1.59. The summed E-state index contributed by atoms with van der Waals surface area (Å²) in [6.45, 7) is 2.55. The summed E-state index contributed by atoms with van der Waals surface area (Å²) in [4.78, 5) is 36.2. The van der Waals surface area contributed by atoms with E-state index in [1.54, 1.807) is 14.0 Å². The average Bonchev–Trinajstić information content (AvgIpc) is 3.14. The zero-order chi connectivity index (χ0) is 24.5. The second-order valence-corrected chi connectivity index (χ2v) is 8.61. The summed E-state index contributed by atoms with van der Waals surface area (Å²) >= 11 is 0. The minimum atomic E-state index is -0.921. The van der Waals surface area contributed by atoms with Gasteiger partial charge in [-0.3, -0.25) is 9.59 Å². The van der Waals surface area contributed by atoms with Crippen LogP contribution in [0.3, 0.4) is 0 Å². The van der Waals surface area contributed by atoms with Crippen molar-refractivity contribution in [2.45, 2.75) is 38.1 Å². The normalized spacial score (nSPS) is 13.9. The Morgan fingerprint density at radius 3 is 2.24 bits per heavy atom. The molecule has 3 N–H and O–H groups in total. The molecule has 8 nitrogen and oxygen atoms in total. The number of carbonyl (C=O) groups is 3. The van der Waals surface area contributed by atoms with Gasteiger partial charge in [-0.15, -0.1) is 0 Å². The second-order valence-electron chi connectivity index (χ2n) is 8.61. The van der Waals surface area contributed by atoms with Gasteiger partial charge >= 0.3 is 12.1 Å². The lowest BCUT2D eigenvalue weighted by Gasteiger charge is -2.20. The molecule has 8 heteroatoms. The Morgan fingerprint density at radius 2 is 1.65 bits per heavy atom. The van der Waals surface area contributed by atoms with E-state index in [2.05, 4.69) is 22.8 Å². The molecule has 2 atom stereocenters. The number of amides is 2. The monoisotopic (exact) mass is 468 g/mol. The SMILES string of the molecule is COCCCC(NC(=O)OCC1c2ccccc2-c2ccccc21)C(=O)NCC(C)CC(=O)O. The molecular formula is C26H32N2O6. The number of fused-ring (bicyclic) bond motifs is 3. The first kappa shape index (κ1) is 25.2. The van der Waals surface area contributed by atoms with Crippen LogP contribution in [0.1, 0.15) is 43.2 Å². The van der Waals surface area contributed by atoms with Gasteiger partial charge in [-0.05, 0) is 41.0 Å². The van der Waals surface area contributed by atoms with E-state index in [4.69, 9.17) is 14.6 Å². The lowest BCUT2D eigenvalue weighted by atomic mass is 9.98. The number of carboxylic acids is 1. The molecule has 0 bridgehead atoms. The maximum atomic E-state index is 12.7. The van der Waals surface area contributed by atoms with E-state index >= 15 is 0 Å². The Balaban J connectivity index is 1.60. The van der Waals surface area contributed by atoms with Crippen LogP contribution in [-0.4, -0.2) is 56.0 Å². The largest absolute Gasteiger partial charge is 0.481 e. The van der Waals surface area contributed by atoms with Crippen molar-refractivity contribution in [3.05, 3.63) is 59.7 Å². The van der Waals surface area contributed by atoms with Crippen LogP contribution < -0.4 is 10.6 Å². The number of hydrogen-bond donors (Lipinski definition) is 3. The van der Waals surface area contributed by atoms with Crippen LogP contribution in [0.2, 0.25) is 0 Å². The number of alkyl carbamates (subject to hydrolysis) is 1. The number of rotatable bonds is 12. The summed E-state index contributed by atoms with van der Waals surface area (Å²) in [5, 5.41) is 14.3. The van der Waals surface area contributed by atoms with Gasteiger partial charge in [-0.1, -0.05) is 55.5 Å². The van der Waals surface area contributed by atoms with Crippen molar-refractivity contribution < 1.29 is 29.0 Å². The molecule has 1 aliphatic rings. The van der Waals surface area contributed by atoms with Crippen molar-refractivity contribution in [2.24, 2.45) is 5.92 Å². The molecule has 1 aliphatic carbocycles. The number of aliphatic carboxylic acids is 1. The van der Waals surface area contributed by atoms with Crippen LogP contribution in [-0.2, 0) is 19.1 Å². The standard InChI is InChI=1S/C26H32N2O6/c1-17(14-24(29)30)15-27-25(31)23(12-7-13-33-2)28-26(32)34-16-22-20-10-5-3-8-18(20)19-9-4-6-11-21(19)22/h3-6,8-11,17,22-23H,7,12-16H2,1-2H3,(H,27,31)(H,28,32)(H,29,30). The van der Waals surface area contributed by atoms with Crippen molar-refractivity contribution >= 4 is 18.0 Å². The van der Waals surface area contributed by atoms with Crippen LogP contribution in [0.15, 0.2) is 48.5 Å². The van der Waals surface area contributed by atoms with E-state index in [0.717, 1.165) is 22.3 Å². The molecule has 0 aliphatic heterocycles. The molecule has 2 aromatic carbocycles. The highest BCUT2D eigenvalue weighted by Gasteiger charge is 2.29. The van der Waals surface area contributed by atoms with Gasteiger partial charge in [0.05, 0.1) is 0 Å². The predicted octanol–water partition coefficient (Wildman–Crippen LogP) is 3.55. The third-order valence-electron chi connectivity index (χ3n) is 5.94. The van der Waals surface area contributed by atoms with Crippen molar-refractivity contribution in [3.63, 3.8) is 0 Å². The molecule has 2 amide bonds. The van der Waals surface area contributed by atoms with Gasteiger partial charge in [0.1, 0.15) is 12.6 Å². The van der Waals surface area contributed by atoms with E-state index in [-0.39, 0.29) is 37.3 Å². The lowest BCUT2D eigenvalue weighted by molar-refractivity contribution is -0.138. The third kappa shape index (κ3) is 6.57. The molecule has 2 unspecified atom stereocenters. The quantitative estimate of drug-likeness (QED) is 0.411. The van der Waals surface area contributed by atoms with Crippen LogP contribution in [0.4, 0.5) is 4.79 Å². The minimum absolute atomic E-state index is 0.0472. The number of hydrogen-bond acceptors (Lipinski definition) is 5. The summed E-state index contributed by atoms with van der Waals surface area (Å²) < 4.78 is 10.6. The van der Waals surface area contributed by atoms with Crippen molar-refractivity contribution in [3.8, 4) is 11.1 Å². The summed E-state index contributed by atoms with van der Waals surface area (Å²) in [5.41, 5.74) is 4.50. The first-order valence-corrected chi connectivity index (χ1v) is 11.5. The number of nitrogens with one attached hydrogen (secondary N) is 2. The highest BCUT2D eigenvalue weighted by atomic mass is 16.5. The van der Waals surface area contributed by atoms with Crippen molar-refractivity contribution in [1.82, 2.24) is 10.6 Å². The van der Waals surface area contributed by atoms with Gasteiger partial charge in [-0.25, -0.2) is 4.79 Å². The van der Waals surface area contributed by atoms with Gasteiger partial charge < -0.3 is 25.2 Å². The van der Waals surface area contributed by atoms with Gasteiger partial charge in [0.15, 0.2) is 0 Å². The maximum Gasteiger partial charge on any atom is 0.407 e. The highest BCUT2D eigenvalue weighted by molar-refractivity contribution is 5.85. The molecule has 0 saturated heterocycles. The Morgan fingerprint density at radius 1 is 1.03 bits per heavy atom. The van der Waals surface area contributed by atoms with Crippen molar-refractivity contribution in [1.29, 1.82) is 0 Å². The molecule has 0 heterocycles. The van der Waals surface area contributed by atoms with E-state index in [0.29, 0.717) is 19.4 Å². The molecule has 0 fully saturated rings. The van der Waals surface area contributed by atoms with E-state index in [1.165, 1.54) is 0 Å². The van der Waals surface area contributed by atoms with Crippen molar-refractivity contribution in [2.75, 3.05) is 26.9 Å². The lowest BCUT2D eigenvalue weighted by Crippen LogP contribution is -2.48. The molecule has 0 spiro atoms. The van der Waals surface area contributed by atoms with Crippen LogP contribution in [0.25, 0.3) is 11.1 Å². The summed E-state index contributed by atoms with van der Waals surface area (Å²) in [6, 6.07) is 15.3. The zero-order valence-electron chi connectivity index (χ0n) is 19.6. The molecule has 182 valence electrons. The fourth-order valence-electron chi connectivity index (χ4n) is 4.25. The number of methoxy groups -OCH3 is 1. The highest BCUT2D eigenvalue weighted by Crippen LogP contribution is 2.44. The molecule has 0 radical (unpaired) electrons. The smallest absolute Gasteiger partial charge is 0.407 e. The second kappa shape index (κ2) is 12.2. The fraction of sp³-hybridized carbons (Fsp3) is 0.423. The first-order valence-electron chi connectivity index (χ1n) is 11.5. The van der Waals surface area contributed by atoms with Gasteiger partial charge in [0.2, 0.25) is 5.91 Å². The summed E-state index contributed by atoms with van der Waals surface area (Å²) in [6.07, 6.45) is 0.229. The number of ether oxygens (including phenoxy) is 2. The van der Waals surface area contributed by atoms with Crippen LogP contribution in [0.5, 0.6) is 0 Å².